The van der Waals surface area contributed by atoms with Crippen molar-refractivity contribution in [1.29, 1.82) is 0 Å². The van der Waals surface area contributed by atoms with Crippen LogP contribution in [0, 0.1) is 0 Å². The smallest absolute Gasteiger partial charge is 0.305 e. The van der Waals surface area contributed by atoms with E-state index >= 15 is 0 Å². The lowest BCUT2D eigenvalue weighted by Crippen LogP contribution is -2.11. The summed E-state index contributed by atoms with van der Waals surface area (Å²) in [6, 6.07) is 16.4. The van der Waals surface area contributed by atoms with Crippen molar-refractivity contribution in [3.05, 3.63) is 54.6 Å². The van der Waals surface area contributed by atoms with E-state index in [4.69, 9.17) is 9.05 Å². The first-order valence-corrected chi connectivity index (χ1v) is 8.69. The molecule has 0 fully saturated rings. The fourth-order valence-corrected chi connectivity index (χ4v) is 3.60. The van der Waals surface area contributed by atoms with Gasteiger partial charge in [0.25, 0.3) is 0 Å². The summed E-state index contributed by atoms with van der Waals surface area (Å²) in [6.07, 6.45) is 0. The van der Waals surface area contributed by atoms with Crippen molar-refractivity contribution < 1.29 is 13.6 Å². The molecule has 0 saturated heterocycles. The van der Waals surface area contributed by atoms with Crippen molar-refractivity contribution in [1.82, 2.24) is 0 Å². The van der Waals surface area contributed by atoms with E-state index in [2.05, 4.69) is 10.2 Å². The van der Waals surface area contributed by atoms with Gasteiger partial charge in [0.1, 0.15) is 5.69 Å². The maximum absolute atomic E-state index is 12.9. The lowest BCUT2D eigenvalue weighted by molar-refractivity contribution is 0.230. The summed E-state index contributed by atoms with van der Waals surface area (Å²) in [5.41, 5.74) is 1.21. The van der Waals surface area contributed by atoms with Crippen LogP contribution >= 0.6 is 7.60 Å². The molecule has 22 heavy (non-hydrogen) atoms. The molecule has 0 aromatic heterocycles. The second-order valence-electron chi connectivity index (χ2n) is 4.36. The Morgan fingerprint density at radius 2 is 1.45 bits per heavy atom. The molecule has 5 nitrogen and oxygen atoms in total. The highest BCUT2D eigenvalue weighted by Gasteiger charge is 2.29. The van der Waals surface area contributed by atoms with Crippen LogP contribution in [0.2, 0.25) is 0 Å². The maximum atomic E-state index is 12.9. The van der Waals surface area contributed by atoms with E-state index in [1.807, 2.05) is 36.4 Å². The largest absolute Gasteiger partial charge is 0.363 e. The SMILES string of the molecule is CCOP(=O)(OCC)c1ccccc1N=Nc1ccccc1. The van der Waals surface area contributed by atoms with Gasteiger partial charge in [0.15, 0.2) is 0 Å². The number of benzene rings is 2. The Hall–Kier alpha value is -1.81. The molecule has 116 valence electrons. The van der Waals surface area contributed by atoms with Gasteiger partial charge in [0.05, 0.1) is 24.2 Å². The van der Waals surface area contributed by atoms with Gasteiger partial charge in [-0.05, 0) is 38.1 Å². The lowest BCUT2D eigenvalue weighted by atomic mass is 10.3. The number of rotatable bonds is 7. The van der Waals surface area contributed by atoms with Crippen LogP contribution < -0.4 is 5.30 Å². The zero-order valence-corrected chi connectivity index (χ0v) is 13.6. The van der Waals surface area contributed by atoms with Gasteiger partial charge >= 0.3 is 7.60 Å². The van der Waals surface area contributed by atoms with Gasteiger partial charge < -0.3 is 9.05 Å². The summed E-state index contributed by atoms with van der Waals surface area (Å²) in [4.78, 5) is 0. The first-order chi connectivity index (χ1) is 10.7. The normalized spacial score (nSPS) is 11.9. The molecule has 2 aromatic rings. The molecule has 6 heteroatoms. The Morgan fingerprint density at radius 1 is 0.864 bits per heavy atom. The molecule has 2 aromatic carbocycles. The van der Waals surface area contributed by atoms with Crippen LogP contribution in [-0.4, -0.2) is 13.2 Å². The monoisotopic (exact) mass is 318 g/mol. The Labute approximate surface area is 130 Å². The van der Waals surface area contributed by atoms with E-state index in [1.165, 1.54) is 0 Å². The van der Waals surface area contributed by atoms with Crippen molar-refractivity contribution in [3.8, 4) is 0 Å². The van der Waals surface area contributed by atoms with E-state index in [-0.39, 0.29) is 0 Å². The topological polar surface area (TPSA) is 60.2 Å². The van der Waals surface area contributed by atoms with E-state index in [9.17, 15) is 4.57 Å². The molecule has 0 aliphatic rings. The first-order valence-electron chi connectivity index (χ1n) is 7.15. The van der Waals surface area contributed by atoms with Crippen LogP contribution in [0.15, 0.2) is 64.8 Å². The molecule has 0 heterocycles. The van der Waals surface area contributed by atoms with Crippen LogP contribution in [-0.2, 0) is 13.6 Å². The van der Waals surface area contributed by atoms with Gasteiger partial charge in [-0.3, -0.25) is 4.57 Å². The molecule has 0 bridgehead atoms. The van der Waals surface area contributed by atoms with Gasteiger partial charge in [0.2, 0.25) is 0 Å². The number of hydrogen-bond acceptors (Lipinski definition) is 5. The van der Waals surface area contributed by atoms with Crippen molar-refractivity contribution >= 4 is 24.3 Å². The molecule has 0 spiro atoms. The minimum Gasteiger partial charge on any atom is -0.305 e. The van der Waals surface area contributed by atoms with Crippen LogP contribution in [0.3, 0.4) is 0 Å². The molecule has 0 saturated carbocycles. The van der Waals surface area contributed by atoms with Crippen LogP contribution in [0.1, 0.15) is 13.8 Å². The second kappa shape index (κ2) is 7.99. The molecule has 0 aliphatic heterocycles. The molecule has 2 rings (SSSR count). The Balaban J connectivity index is 2.37. The van der Waals surface area contributed by atoms with E-state index in [0.29, 0.717) is 24.2 Å². The molecule has 0 amide bonds. The third-order valence-electron chi connectivity index (χ3n) is 2.80. The summed E-state index contributed by atoms with van der Waals surface area (Å²) in [6.45, 7) is 4.14. The zero-order chi connectivity index (χ0) is 15.8. The van der Waals surface area contributed by atoms with Gasteiger partial charge in [-0.2, -0.15) is 5.11 Å². The Bertz CT molecular complexity index is 664. The average Bonchev–Trinajstić information content (AvgIpc) is 2.55. The predicted molar refractivity (Wildman–Crippen MR) is 87.6 cm³/mol. The summed E-state index contributed by atoms with van der Waals surface area (Å²) in [5.74, 6) is 0. The quantitative estimate of drug-likeness (QED) is 0.533. The highest BCUT2D eigenvalue weighted by Crippen LogP contribution is 2.49. The highest BCUT2D eigenvalue weighted by atomic mass is 31.2. The van der Waals surface area contributed by atoms with E-state index in [1.54, 1.807) is 32.0 Å². The minimum absolute atomic E-state index is 0.293. The molecule has 0 atom stereocenters. The van der Waals surface area contributed by atoms with Crippen molar-refractivity contribution in [3.63, 3.8) is 0 Å². The van der Waals surface area contributed by atoms with Gasteiger partial charge in [-0.15, -0.1) is 5.11 Å². The summed E-state index contributed by atoms with van der Waals surface area (Å²) in [7, 11) is -3.38. The number of nitrogens with zero attached hydrogens (tertiary/aromatic N) is 2. The van der Waals surface area contributed by atoms with E-state index in [0.717, 1.165) is 5.69 Å². The molecule has 0 aliphatic carbocycles. The number of hydrogen-bond donors (Lipinski definition) is 0. The summed E-state index contributed by atoms with van der Waals surface area (Å²) in [5, 5.41) is 8.79. The van der Waals surface area contributed by atoms with Crippen LogP contribution in [0.5, 0.6) is 0 Å². The molecule has 0 radical (unpaired) electrons. The fourth-order valence-electron chi connectivity index (χ4n) is 1.90. The summed E-state index contributed by atoms with van der Waals surface area (Å²) >= 11 is 0. The highest BCUT2D eigenvalue weighted by molar-refractivity contribution is 7.62. The van der Waals surface area contributed by atoms with Crippen molar-refractivity contribution in [2.45, 2.75) is 13.8 Å². The minimum atomic E-state index is -3.38. The third-order valence-corrected chi connectivity index (χ3v) is 4.97. The third kappa shape index (κ3) is 4.10. The standard InChI is InChI=1S/C16H19N2O3P/c1-3-20-22(19,21-4-2)16-13-9-8-12-15(16)18-17-14-10-6-5-7-11-14/h5-13H,3-4H2,1-2H3. The van der Waals surface area contributed by atoms with Gasteiger partial charge in [0, 0.05) is 0 Å². The maximum Gasteiger partial charge on any atom is 0.363 e. The molecular formula is C16H19N2O3P. The van der Waals surface area contributed by atoms with Gasteiger partial charge in [-0.25, -0.2) is 0 Å². The zero-order valence-electron chi connectivity index (χ0n) is 12.7. The Kier molecular flexibility index (Phi) is 6.01. The lowest BCUT2D eigenvalue weighted by Gasteiger charge is -2.18. The summed E-state index contributed by atoms with van der Waals surface area (Å²) < 4.78 is 23.7. The van der Waals surface area contributed by atoms with Crippen molar-refractivity contribution in [2.75, 3.05) is 13.2 Å². The average molecular weight is 318 g/mol. The first kappa shape index (κ1) is 16.6. The predicted octanol–water partition coefficient (Wildman–Crippen LogP) is 4.99. The molecule has 0 N–H and O–H groups in total. The van der Waals surface area contributed by atoms with Crippen LogP contribution in [0.25, 0.3) is 0 Å². The van der Waals surface area contributed by atoms with Gasteiger partial charge in [-0.1, -0.05) is 30.3 Å². The molecular weight excluding hydrogens is 299 g/mol. The number of azo groups is 1. The second-order valence-corrected chi connectivity index (χ2v) is 6.35. The van der Waals surface area contributed by atoms with E-state index < -0.39 is 7.60 Å². The molecule has 0 unspecified atom stereocenters. The fraction of sp³-hybridized carbons (Fsp3) is 0.250. The Morgan fingerprint density at radius 3 is 2.09 bits per heavy atom. The van der Waals surface area contributed by atoms with Crippen LogP contribution in [0.4, 0.5) is 11.4 Å². The van der Waals surface area contributed by atoms with Crippen molar-refractivity contribution in [2.24, 2.45) is 10.2 Å².